The van der Waals surface area contributed by atoms with Gasteiger partial charge < -0.3 is 24.8 Å². The summed E-state index contributed by atoms with van der Waals surface area (Å²) in [6.07, 6.45) is 3.61. The quantitative estimate of drug-likeness (QED) is 0.265. The molecule has 4 rings (SSSR count). The number of carbonyl (C=O) groups excluding carboxylic acids is 1. The van der Waals surface area contributed by atoms with E-state index in [0.29, 0.717) is 66.1 Å². The summed E-state index contributed by atoms with van der Waals surface area (Å²) in [5.41, 5.74) is 0.912. The third-order valence-electron chi connectivity index (χ3n) is 6.57. The summed E-state index contributed by atoms with van der Waals surface area (Å²) in [4.78, 5) is 26.5. The summed E-state index contributed by atoms with van der Waals surface area (Å²) in [6, 6.07) is 7.88. The number of amides is 1. The molecule has 1 aliphatic heterocycles. The van der Waals surface area contributed by atoms with Crippen LogP contribution in [0.2, 0.25) is 0 Å². The molecule has 2 N–H and O–H groups in total. The van der Waals surface area contributed by atoms with E-state index in [1.165, 1.54) is 30.6 Å². The molecule has 0 aliphatic carbocycles. The predicted octanol–water partition coefficient (Wildman–Crippen LogP) is 5.71. The average molecular weight is 570 g/mol. The van der Waals surface area contributed by atoms with E-state index in [2.05, 4.69) is 27.2 Å². The van der Waals surface area contributed by atoms with Crippen molar-refractivity contribution in [3.8, 4) is 11.5 Å². The Morgan fingerprint density at radius 3 is 2.56 bits per heavy atom. The molecule has 1 saturated heterocycles. The van der Waals surface area contributed by atoms with Crippen molar-refractivity contribution in [3.63, 3.8) is 0 Å². The van der Waals surface area contributed by atoms with E-state index in [0.717, 1.165) is 12.1 Å². The number of anilines is 4. The van der Waals surface area contributed by atoms with Crippen LogP contribution >= 0.6 is 0 Å². The van der Waals surface area contributed by atoms with Crippen LogP contribution in [0.4, 0.5) is 31.8 Å². The average Bonchev–Trinajstić information content (AvgIpc) is 3.44. The number of nitrogens with zero attached hydrogens (tertiary/aromatic N) is 3. The first-order chi connectivity index (χ1) is 19.6. The summed E-state index contributed by atoms with van der Waals surface area (Å²) >= 11 is 0. The van der Waals surface area contributed by atoms with Crippen LogP contribution < -0.4 is 25.2 Å². The first-order valence-electron chi connectivity index (χ1n) is 12.9. The number of halogens is 2. The fourth-order valence-electron chi connectivity index (χ4n) is 4.18. The van der Waals surface area contributed by atoms with Gasteiger partial charge in [-0.25, -0.2) is 23.8 Å². The second kappa shape index (κ2) is 12.9. The zero-order chi connectivity index (χ0) is 29.6. The molecule has 1 unspecified atom stereocenters. The molecule has 0 radical (unpaired) electrons. The van der Waals surface area contributed by atoms with E-state index in [-0.39, 0.29) is 5.60 Å². The molecule has 1 aromatic heterocycles. The Balaban J connectivity index is 1.60. The van der Waals surface area contributed by atoms with E-state index in [1.54, 1.807) is 25.3 Å². The number of benzene rings is 2. The van der Waals surface area contributed by atoms with Crippen molar-refractivity contribution >= 4 is 28.9 Å². The number of hydrogen-bond acceptors (Lipinski definition) is 9. The minimum atomic E-state index is -0.668. The van der Waals surface area contributed by atoms with Gasteiger partial charge in [0.05, 0.1) is 43.3 Å². The second-order valence-corrected chi connectivity index (χ2v) is 9.86. The van der Waals surface area contributed by atoms with E-state index in [4.69, 9.17) is 19.0 Å². The van der Waals surface area contributed by atoms with Gasteiger partial charge in [0.1, 0.15) is 35.3 Å². The maximum absolute atomic E-state index is 13.9. The Bertz CT molecular complexity index is 1380. The highest BCUT2D eigenvalue weighted by Gasteiger charge is 2.30. The molecule has 1 atom stereocenters. The molecule has 1 amide bonds. The molecule has 1 aliphatic rings. The van der Waals surface area contributed by atoms with Crippen molar-refractivity contribution in [2.45, 2.75) is 38.3 Å². The summed E-state index contributed by atoms with van der Waals surface area (Å²) in [7, 11) is 3.14. The maximum Gasteiger partial charge on any atom is 0.247 e. The first-order valence-corrected chi connectivity index (χ1v) is 12.9. The van der Waals surface area contributed by atoms with E-state index in [1.807, 2.05) is 13.8 Å². The zero-order valence-corrected chi connectivity index (χ0v) is 23.4. The minimum Gasteiger partial charge on any atom is -0.494 e. The van der Waals surface area contributed by atoms with Crippen molar-refractivity contribution in [2.75, 3.05) is 43.1 Å². The van der Waals surface area contributed by atoms with Gasteiger partial charge in [-0.15, -0.1) is 0 Å². The van der Waals surface area contributed by atoms with Gasteiger partial charge in [0.2, 0.25) is 5.91 Å². The molecule has 41 heavy (non-hydrogen) atoms. The van der Waals surface area contributed by atoms with Crippen molar-refractivity contribution in [1.29, 1.82) is 0 Å². The number of ether oxygens (including phenoxy) is 3. The van der Waals surface area contributed by atoms with Crippen molar-refractivity contribution in [3.05, 3.63) is 72.6 Å². The summed E-state index contributed by atoms with van der Waals surface area (Å²) < 4.78 is 44.8. The molecular formula is C29H33F2N5O5. The van der Waals surface area contributed by atoms with Crippen LogP contribution in [0.5, 0.6) is 11.5 Å². The normalized spacial score (nSPS) is 15.0. The summed E-state index contributed by atoms with van der Waals surface area (Å²) in [5, 5.41) is 7.44. The number of hydrogen-bond donors (Lipinski definition) is 2. The van der Waals surface area contributed by atoms with Crippen LogP contribution in [0.15, 0.2) is 55.4 Å². The predicted molar refractivity (Wildman–Crippen MR) is 150 cm³/mol. The van der Waals surface area contributed by atoms with E-state index in [9.17, 15) is 13.6 Å². The third-order valence-corrected chi connectivity index (χ3v) is 6.57. The van der Waals surface area contributed by atoms with Crippen LogP contribution in [0.3, 0.4) is 0 Å². The van der Waals surface area contributed by atoms with Gasteiger partial charge >= 0.3 is 0 Å². The van der Waals surface area contributed by atoms with Gasteiger partial charge in [-0.3, -0.25) is 9.63 Å². The van der Waals surface area contributed by atoms with Crippen LogP contribution in [0.1, 0.15) is 38.3 Å². The molecule has 10 nitrogen and oxygen atoms in total. The smallest absolute Gasteiger partial charge is 0.247 e. The number of rotatable bonds is 12. The number of hydroxylamine groups is 1. The SMILES string of the molecule is C=CC(=O)Nc1cc(Nc2cc(N3OCCC3c3cc(F)cc(F)c3)ncn2)c(OC)cc1OCCC(C)(C)OC. The molecule has 3 aromatic rings. The van der Waals surface area contributed by atoms with E-state index < -0.39 is 23.6 Å². The molecule has 218 valence electrons. The zero-order valence-electron chi connectivity index (χ0n) is 23.4. The second-order valence-electron chi connectivity index (χ2n) is 9.86. The molecule has 2 heterocycles. The molecule has 0 bridgehead atoms. The first kappa shape index (κ1) is 29.7. The van der Waals surface area contributed by atoms with Gasteiger partial charge in [0, 0.05) is 38.2 Å². The lowest BCUT2D eigenvalue weighted by molar-refractivity contribution is -0.111. The topological polar surface area (TPSA) is 107 Å². The van der Waals surface area contributed by atoms with Gasteiger partial charge in [-0.05, 0) is 43.7 Å². The van der Waals surface area contributed by atoms with Gasteiger partial charge in [0.25, 0.3) is 0 Å². The molecule has 12 heteroatoms. The molecule has 0 saturated carbocycles. The largest absolute Gasteiger partial charge is 0.494 e. The highest BCUT2D eigenvalue weighted by molar-refractivity contribution is 6.00. The van der Waals surface area contributed by atoms with Crippen LogP contribution in [0, 0.1) is 11.6 Å². The molecular weight excluding hydrogens is 536 g/mol. The van der Waals surface area contributed by atoms with Crippen LogP contribution in [0.25, 0.3) is 0 Å². The highest BCUT2D eigenvalue weighted by atomic mass is 19.1. The minimum absolute atomic E-state index is 0.329. The summed E-state index contributed by atoms with van der Waals surface area (Å²) in [5.74, 6) is -0.171. The molecule has 0 spiro atoms. The Morgan fingerprint density at radius 1 is 1.12 bits per heavy atom. The lowest BCUT2D eigenvalue weighted by atomic mass is 10.0. The fourth-order valence-corrected chi connectivity index (χ4v) is 4.18. The van der Waals surface area contributed by atoms with Crippen LogP contribution in [-0.4, -0.2) is 48.9 Å². The van der Waals surface area contributed by atoms with Crippen molar-refractivity contribution in [2.24, 2.45) is 0 Å². The van der Waals surface area contributed by atoms with Gasteiger partial charge in [-0.1, -0.05) is 6.58 Å². The molecule has 1 fully saturated rings. The Kier molecular flexibility index (Phi) is 9.35. The Labute approximate surface area is 237 Å². The number of methoxy groups -OCH3 is 2. The molecule has 2 aromatic carbocycles. The highest BCUT2D eigenvalue weighted by Crippen LogP contribution is 2.39. The monoisotopic (exact) mass is 569 g/mol. The number of aromatic nitrogens is 2. The van der Waals surface area contributed by atoms with Gasteiger partial charge in [0.15, 0.2) is 5.82 Å². The van der Waals surface area contributed by atoms with Crippen LogP contribution in [-0.2, 0) is 14.4 Å². The van der Waals surface area contributed by atoms with Crippen molar-refractivity contribution < 1.29 is 32.6 Å². The standard InChI is InChI=1S/C29H33F2N5O5/c1-6-28(37)35-22-14-21(24(38-4)15-25(22)40-10-8-29(2,3)39-5)34-26-16-27(33-17-32-26)36-23(7-9-41-36)18-11-19(30)13-20(31)12-18/h6,11-17,23H,1,7-10H2,2-5H3,(H,35,37)(H,32,33,34). The maximum atomic E-state index is 13.9. The Morgan fingerprint density at radius 2 is 1.88 bits per heavy atom. The van der Waals surface area contributed by atoms with Crippen molar-refractivity contribution in [1.82, 2.24) is 9.97 Å². The third kappa shape index (κ3) is 7.47. The lowest BCUT2D eigenvalue weighted by Crippen LogP contribution is -2.25. The Hall–Kier alpha value is -4.29. The fraction of sp³-hybridized carbons (Fsp3) is 0.345. The summed E-state index contributed by atoms with van der Waals surface area (Å²) in [6.45, 7) is 8.09. The lowest BCUT2D eigenvalue weighted by Gasteiger charge is -2.24. The van der Waals surface area contributed by atoms with E-state index >= 15 is 0 Å². The number of nitrogens with one attached hydrogen (secondary N) is 2. The van der Waals surface area contributed by atoms with Gasteiger partial charge in [-0.2, -0.15) is 0 Å². The number of carbonyl (C=O) groups is 1.